The van der Waals surface area contributed by atoms with Crippen LogP contribution in [0.2, 0.25) is 0 Å². The minimum atomic E-state index is -0.494. The van der Waals surface area contributed by atoms with Crippen LogP contribution in [0, 0.1) is 5.92 Å². The molecule has 102 valence electrons. The number of oxazole rings is 1. The van der Waals surface area contributed by atoms with Crippen molar-refractivity contribution in [2.45, 2.75) is 25.2 Å². The zero-order valence-corrected chi connectivity index (χ0v) is 10.3. The molecular weight excluding hydrogens is 250 g/mol. The van der Waals surface area contributed by atoms with Crippen LogP contribution in [-0.4, -0.2) is 30.0 Å². The summed E-state index contributed by atoms with van der Waals surface area (Å²) in [7, 11) is 0. The lowest BCUT2D eigenvalue weighted by Gasteiger charge is -2.09. The van der Waals surface area contributed by atoms with Gasteiger partial charge >= 0.3 is 5.91 Å². The predicted molar refractivity (Wildman–Crippen MR) is 63.0 cm³/mol. The minimum Gasteiger partial charge on any atom is -0.435 e. The molecule has 19 heavy (non-hydrogen) atoms. The Morgan fingerprint density at radius 1 is 1.26 bits per heavy atom. The smallest absolute Gasteiger partial charge is 0.307 e. The topological polar surface area (TPSA) is 93.5 Å². The Morgan fingerprint density at radius 3 is 2.79 bits per heavy atom. The quantitative estimate of drug-likeness (QED) is 0.769. The first-order chi connectivity index (χ1) is 9.24. The van der Waals surface area contributed by atoms with Gasteiger partial charge in [0.05, 0.1) is 18.7 Å². The molecule has 0 bridgehead atoms. The molecule has 2 heterocycles. The minimum absolute atomic E-state index is 0.116. The van der Waals surface area contributed by atoms with E-state index in [1.807, 2.05) is 0 Å². The van der Waals surface area contributed by atoms with Gasteiger partial charge < -0.3 is 9.15 Å². The number of hydrogen-bond donors (Lipinski definition) is 2. The Hall–Kier alpha value is -1.89. The van der Waals surface area contributed by atoms with E-state index in [1.165, 1.54) is 6.20 Å². The fraction of sp³-hybridized carbons (Fsp3) is 0.583. The lowest BCUT2D eigenvalue weighted by atomic mass is 10.1. The molecule has 7 nitrogen and oxygen atoms in total. The Labute approximate surface area is 109 Å². The maximum atomic E-state index is 11.7. The molecule has 0 spiro atoms. The van der Waals surface area contributed by atoms with Gasteiger partial charge in [0.2, 0.25) is 11.7 Å². The van der Waals surface area contributed by atoms with E-state index in [4.69, 9.17) is 9.15 Å². The second-order valence-corrected chi connectivity index (χ2v) is 4.84. The number of nitrogens with one attached hydrogen (secondary N) is 2. The molecule has 1 atom stereocenters. The average molecular weight is 265 g/mol. The summed E-state index contributed by atoms with van der Waals surface area (Å²) in [5.74, 6) is 0.133. The highest BCUT2D eigenvalue weighted by Crippen LogP contribution is 2.39. The standard InChI is InChI=1S/C12H15N3O4/c16-10(8-3-4-18-6-8)14-15-11(17)9-5-13-12(19-9)7-1-2-7/h5,7-8H,1-4,6H2,(H,14,16)(H,15,17). The van der Waals surface area contributed by atoms with Crippen molar-refractivity contribution < 1.29 is 18.7 Å². The van der Waals surface area contributed by atoms with Crippen LogP contribution in [0.15, 0.2) is 10.6 Å². The molecule has 7 heteroatoms. The third-order valence-electron chi connectivity index (χ3n) is 3.27. The Balaban J connectivity index is 1.50. The first-order valence-corrected chi connectivity index (χ1v) is 6.37. The molecule has 1 saturated carbocycles. The summed E-state index contributed by atoms with van der Waals surface area (Å²) in [6.07, 6.45) is 4.17. The fourth-order valence-corrected chi connectivity index (χ4v) is 1.93. The molecule has 2 N–H and O–H groups in total. The summed E-state index contributed by atoms with van der Waals surface area (Å²) >= 11 is 0. The SMILES string of the molecule is O=C(NNC(=O)C1CCOC1)c1cnc(C2CC2)o1. The normalized spacial score (nSPS) is 22.2. The summed E-state index contributed by atoms with van der Waals surface area (Å²) in [6, 6.07) is 0. The highest BCUT2D eigenvalue weighted by Gasteiger charge is 2.29. The van der Waals surface area contributed by atoms with Crippen LogP contribution >= 0.6 is 0 Å². The van der Waals surface area contributed by atoms with Gasteiger partial charge in [-0.1, -0.05) is 0 Å². The van der Waals surface area contributed by atoms with Crippen LogP contribution in [0.4, 0.5) is 0 Å². The van der Waals surface area contributed by atoms with Gasteiger partial charge in [0.1, 0.15) is 0 Å². The first-order valence-electron chi connectivity index (χ1n) is 6.37. The highest BCUT2D eigenvalue weighted by molar-refractivity contribution is 5.92. The molecule has 0 aromatic carbocycles. The molecule has 3 rings (SSSR count). The van der Waals surface area contributed by atoms with Crippen molar-refractivity contribution in [2.75, 3.05) is 13.2 Å². The van der Waals surface area contributed by atoms with Crippen LogP contribution in [0.25, 0.3) is 0 Å². The average Bonchev–Trinajstić information content (AvgIpc) is 2.96. The van der Waals surface area contributed by atoms with E-state index in [0.29, 0.717) is 31.4 Å². The second kappa shape index (κ2) is 5.00. The van der Waals surface area contributed by atoms with Crippen molar-refractivity contribution in [2.24, 2.45) is 5.92 Å². The van der Waals surface area contributed by atoms with E-state index >= 15 is 0 Å². The summed E-state index contributed by atoms with van der Waals surface area (Å²) in [6.45, 7) is 0.981. The van der Waals surface area contributed by atoms with Gasteiger partial charge in [-0.15, -0.1) is 0 Å². The number of nitrogens with zero attached hydrogens (tertiary/aromatic N) is 1. The number of carbonyl (C=O) groups excluding carboxylic acids is 2. The number of hydrazine groups is 1. The van der Waals surface area contributed by atoms with Crippen molar-refractivity contribution in [1.29, 1.82) is 0 Å². The maximum absolute atomic E-state index is 11.7. The highest BCUT2D eigenvalue weighted by atomic mass is 16.5. The van der Waals surface area contributed by atoms with Crippen molar-refractivity contribution in [3.05, 3.63) is 17.8 Å². The van der Waals surface area contributed by atoms with E-state index in [-0.39, 0.29) is 17.6 Å². The maximum Gasteiger partial charge on any atom is 0.307 e. The molecule has 1 unspecified atom stereocenters. The van der Waals surface area contributed by atoms with Gasteiger partial charge in [-0.05, 0) is 19.3 Å². The second-order valence-electron chi connectivity index (χ2n) is 4.84. The van der Waals surface area contributed by atoms with Crippen LogP contribution < -0.4 is 10.9 Å². The van der Waals surface area contributed by atoms with Gasteiger partial charge in [-0.2, -0.15) is 0 Å². The monoisotopic (exact) mass is 265 g/mol. The molecule has 1 saturated heterocycles. The van der Waals surface area contributed by atoms with Gasteiger partial charge in [-0.25, -0.2) is 4.98 Å². The number of carbonyl (C=O) groups is 2. The molecule has 1 aliphatic heterocycles. The van der Waals surface area contributed by atoms with E-state index in [2.05, 4.69) is 15.8 Å². The van der Waals surface area contributed by atoms with Crippen molar-refractivity contribution >= 4 is 11.8 Å². The molecule has 2 fully saturated rings. The van der Waals surface area contributed by atoms with Crippen molar-refractivity contribution in [3.63, 3.8) is 0 Å². The molecule has 0 radical (unpaired) electrons. The summed E-state index contributed by atoms with van der Waals surface area (Å²) in [4.78, 5) is 27.4. The number of aromatic nitrogens is 1. The van der Waals surface area contributed by atoms with Crippen molar-refractivity contribution in [3.8, 4) is 0 Å². The molecular formula is C12H15N3O4. The third-order valence-corrected chi connectivity index (χ3v) is 3.27. The Morgan fingerprint density at radius 2 is 2.11 bits per heavy atom. The number of ether oxygens (including phenoxy) is 1. The summed E-state index contributed by atoms with van der Waals surface area (Å²) < 4.78 is 10.4. The molecule has 2 aliphatic rings. The molecule has 1 aromatic heterocycles. The lowest BCUT2D eigenvalue weighted by Crippen LogP contribution is -2.44. The summed E-state index contributed by atoms with van der Waals surface area (Å²) in [5.41, 5.74) is 4.69. The van der Waals surface area contributed by atoms with Crippen molar-refractivity contribution in [1.82, 2.24) is 15.8 Å². The van der Waals surface area contributed by atoms with Gasteiger partial charge in [0.15, 0.2) is 5.89 Å². The van der Waals surface area contributed by atoms with Gasteiger partial charge in [0.25, 0.3) is 0 Å². The third kappa shape index (κ3) is 2.76. The van der Waals surface area contributed by atoms with Crippen LogP contribution in [0.5, 0.6) is 0 Å². The number of rotatable bonds is 3. The fourth-order valence-electron chi connectivity index (χ4n) is 1.93. The molecule has 2 amide bonds. The predicted octanol–water partition coefficient (Wildman–Crippen LogP) is 0.349. The number of hydrogen-bond acceptors (Lipinski definition) is 5. The largest absolute Gasteiger partial charge is 0.435 e. The van der Waals surface area contributed by atoms with E-state index in [0.717, 1.165) is 12.8 Å². The summed E-state index contributed by atoms with van der Waals surface area (Å²) in [5, 5.41) is 0. The molecule has 1 aromatic rings. The van der Waals surface area contributed by atoms with Crippen LogP contribution in [0.1, 0.15) is 41.6 Å². The zero-order valence-electron chi connectivity index (χ0n) is 10.3. The van der Waals surface area contributed by atoms with E-state index < -0.39 is 5.91 Å². The first kappa shape index (κ1) is 12.2. The van der Waals surface area contributed by atoms with Crippen LogP contribution in [0.3, 0.4) is 0 Å². The van der Waals surface area contributed by atoms with Gasteiger partial charge in [-0.3, -0.25) is 20.4 Å². The lowest BCUT2D eigenvalue weighted by molar-refractivity contribution is -0.125. The number of amides is 2. The molecule has 1 aliphatic carbocycles. The van der Waals surface area contributed by atoms with Crippen LogP contribution in [-0.2, 0) is 9.53 Å². The zero-order chi connectivity index (χ0) is 13.2. The van der Waals surface area contributed by atoms with Gasteiger partial charge in [0, 0.05) is 12.5 Å². The van der Waals surface area contributed by atoms with E-state index in [9.17, 15) is 9.59 Å². The van der Waals surface area contributed by atoms with E-state index in [1.54, 1.807) is 0 Å². The Bertz CT molecular complexity index is 489. The Kier molecular flexibility index (Phi) is 3.20.